The number of benzene rings is 1. The van der Waals surface area contributed by atoms with E-state index in [4.69, 9.17) is 0 Å². The molecular formula is C17H24N. The fraction of sp³-hybridized carbons (Fsp3) is 0.471. The fourth-order valence-corrected chi connectivity index (χ4v) is 2.52. The second-order valence-corrected chi connectivity index (χ2v) is 5.06. The van der Waals surface area contributed by atoms with E-state index in [1.807, 2.05) is 0 Å². The van der Waals surface area contributed by atoms with E-state index in [9.17, 15) is 0 Å². The van der Waals surface area contributed by atoms with Crippen LogP contribution in [0.5, 0.6) is 0 Å². The maximum atomic E-state index is 3.89. The first-order valence-corrected chi connectivity index (χ1v) is 7.16. The van der Waals surface area contributed by atoms with Gasteiger partial charge in [0.1, 0.15) is 0 Å². The zero-order chi connectivity index (χ0) is 12.6. The van der Waals surface area contributed by atoms with Crippen molar-refractivity contribution in [3.63, 3.8) is 0 Å². The van der Waals surface area contributed by atoms with E-state index in [2.05, 4.69) is 48.2 Å². The van der Waals surface area contributed by atoms with Crippen LogP contribution in [0, 0.1) is 6.92 Å². The predicted molar refractivity (Wildman–Crippen MR) is 79.3 cm³/mol. The third kappa shape index (κ3) is 3.99. The summed E-state index contributed by atoms with van der Waals surface area (Å²) in [4.78, 5) is 2.57. The van der Waals surface area contributed by atoms with E-state index in [0.29, 0.717) is 0 Å². The van der Waals surface area contributed by atoms with E-state index < -0.39 is 0 Å². The summed E-state index contributed by atoms with van der Waals surface area (Å²) < 4.78 is 0. The van der Waals surface area contributed by atoms with Crippen LogP contribution in [0.15, 0.2) is 36.4 Å². The topological polar surface area (TPSA) is 3.24 Å². The Morgan fingerprint density at radius 1 is 1.06 bits per heavy atom. The van der Waals surface area contributed by atoms with Crippen LogP contribution in [0.25, 0.3) is 5.57 Å². The largest absolute Gasteiger partial charge is 0.299 e. The lowest BCUT2D eigenvalue weighted by molar-refractivity contribution is 0.294. The van der Waals surface area contributed by atoms with E-state index in [-0.39, 0.29) is 0 Å². The molecule has 1 heterocycles. The Hall–Kier alpha value is -1.08. The number of unbranched alkanes of at least 4 members (excludes halogenated alkanes) is 3. The van der Waals surface area contributed by atoms with Crippen molar-refractivity contribution in [2.24, 2.45) is 0 Å². The molecule has 0 aliphatic carbocycles. The summed E-state index contributed by atoms with van der Waals surface area (Å²) in [7, 11) is 0. The fourth-order valence-electron chi connectivity index (χ4n) is 2.52. The van der Waals surface area contributed by atoms with Gasteiger partial charge in [-0.15, -0.1) is 0 Å². The van der Waals surface area contributed by atoms with Gasteiger partial charge in [0, 0.05) is 13.1 Å². The molecule has 0 saturated carbocycles. The molecular weight excluding hydrogens is 218 g/mol. The van der Waals surface area contributed by atoms with Gasteiger partial charge in [0.2, 0.25) is 0 Å². The first kappa shape index (κ1) is 13.4. The lowest BCUT2D eigenvalue weighted by atomic mass is 9.99. The minimum atomic E-state index is 1.08. The molecule has 0 spiro atoms. The molecule has 0 N–H and O–H groups in total. The zero-order valence-electron chi connectivity index (χ0n) is 11.3. The SMILES string of the molecule is [CH2]CCCCCN1CC=C(c2ccccc2)CC1. The Kier molecular flexibility index (Phi) is 5.47. The smallest absolute Gasteiger partial charge is 0.0169 e. The molecule has 1 heteroatoms. The molecule has 0 atom stereocenters. The third-order valence-corrected chi connectivity index (χ3v) is 3.66. The van der Waals surface area contributed by atoms with Crippen molar-refractivity contribution in [3.05, 3.63) is 48.9 Å². The van der Waals surface area contributed by atoms with Crippen molar-refractivity contribution < 1.29 is 0 Å². The highest BCUT2D eigenvalue weighted by atomic mass is 15.1. The van der Waals surface area contributed by atoms with Gasteiger partial charge in [0.25, 0.3) is 0 Å². The Balaban J connectivity index is 1.78. The second kappa shape index (κ2) is 7.38. The molecule has 1 aliphatic heterocycles. The standard InChI is InChI=1S/C17H24N/c1-2-3-4-8-13-18-14-11-17(12-15-18)16-9-6-5-7-10-16/h5-7,9-11H,1-4,8,12-15H2. The molecule has 18 heavy (non-hydrogen) atoms. The van der Waals surface area contributed by atoms with Gasteiger partial charge in [0.05, 0.1) is 0 Å². The van der Waals surface area contributed by atoms with Gasteiger partial charge in [-0.3, -0.25) is 4.90 Å². The summed E-state index contributed by atoms with van der Waals surface area (Å²) >= 11 is 0. The highest BCUT2D eigenvalue weighted by molar-refractivity contribution is 5.66. The first-order chi connectivity index (χ1) is 8.90. The van der Waals surface area contributed by atoms with Crippen LogP contribution in [0.1, 0.15) is 37.7 Å². The monoisotopic (exact) mass is 242 g/mol. The van der Waals surface area contributed by atoms with Crippen LogP contribution in [-0.2, 0) is 0 Å². The minimum absolute atomic E-state index is 1.08. The van der Waals surface area contributed by atoms with Crippen LogP contribution in [0.2, 0.25) is 0 Å². The normalized spacial score (nSPS) is 16.6. The molecule has 1 aliphatic rings. The average Bonchev–Trinajstić information content (AvgIpc) is 2.45. The molecule has 1 aromatic carbocycles. The molecule has 97 valence electrons. The van der Waals surface area contributed by atoms with Crippen LogP contribution < -0.4 is 0 Å². The van der Waals surface area contributed by atoms with Crippen molar-refractivity contribution in [1.29, 1.82) is 0 Å². The predicted octanol–water partition coefficient (Wildman–Crippen LogP) is 4.17. The number of hydrogen-bond donors (Lipinski definition) is 0. The van der Waals surface area contributed by atoms with Crippen molar-refractivity contribution in [2.45, 2.75) is 32.1 Å². The van der Waals surface area contributed by atoms with Crippen LogP contribution in [0.4, 0.5) is 0 Å². The van der Waals surface area contributed by atoms with E-state index in [1.54, 1.807) is 0 Å². The maximum Gasteiger partial charge on any atom is 0.0169 e. The molecule has 0 aromatic heterocycles. The summed E-state index contributed by atoms with van der Waals surface area (Å²) in [6.07, 6.45) is 8.61. The summed E-state index contributed by atoms with van der Waals surface area (Å²) in [6.45, 7) is 7.47. The number of nitrogens with zero attached hydrogens (tertiary/aromatic N) is 1. The Morgan fingerprint density at radius 2 is 1.89 bits per heavy atom. The summed E-state index contributed by atoms with van der Waals surface area (Å²) in [5, 5.41) is 0. The summed E-state index contributed by atoms with van der Waals surface area (Å²) in [6, 6.07) is 10.8. The lowest BCUT2D eigenvalue weighted by Crippen LogP contribution is -2.29. The van der Waals surface area contributed by atoms with Crippen molar-refractivity contribution in [3.8, 4) is 0 Å². The maximum absolute atomic E-state index is 3.89. The molecule has 0 fully saturated rings. The van der Waals surface area contributed by atoms with Crippen LogP contribution in [0.3, 0.4) is 0 Å². The molecule has 1 radical (unpaired) electrons. The van der Waals surface area contributed by atoms with Gasteiger partial charge in [-0.2, -0.15) is 0 Å². The summed E-state index contributed by atoms with van der Waals surface area (Å²) in [5.41, 5.74) is 2.92. The van der Waals surface area contributed by atoms with Crippen molar-refractivity contribution in [1.82, 2.24) is 4.90 Å². The van der Waals surface area contributed by atoms with Gasteiger partial charge in [-0.1, -0.05) is 62.6 Å². The Morgan fingerprint density at radius 3 is 2.56 bits per heavy atom. The van der Waals surface area contributed by atoms with Gasteiger partial charge in [-0.25, -0.2) is 0 Å². The number of hydrogen-bond acceptors (Lipinski definition) is 1. The molecule has 0 saturated heterocycles. The molecule has 0 amide bonds. The Bertz CT molecular complexity index is 366. The van der Waals surface area contributed by atoms with E-state index in [1.165, 1.54) is 49.9 Å². The molecule has 2 rings (SSSR count). The molecule has 0 bridgehead atoms. The first-order valence-electron chi connectivity index (χ1n) is 7.16. The molecule has 0 unspecified atom stereocenters. The molecule has 1 aromatic rings. The van der Waals surface area contributed by atoms with Gasteiger partial charge in [-0.05, 0) is 30.5 Å². The quantitative estimate of drug-likeness (QED) is 0.677. The highest BCUT2D eigenvalue weighted by Gasteiger charge is 2.11. The highest BCUT2D eigenvalue weighted by Crippen LogP contribution is 2.22. The van der Waals surface area contributed by atoms with Crippen LogP contribution >= 0.6 is 0 Å². The third-order valence-electron chi connectivity index (χ3n) is 3.66. The molecule has 1 nitrogen and oxygen atoms in total. The zero-order valence-corrected chi connectivity index (χ0v) is 11.3. The van der Waals surface area contributed by atoms with Crippen molar-refractivity contribution >= 4 is 5.57 Å². The minimum Gasteiger partial charge on any atom is -0.299 e. The van der Waals surface area contributed by atoms with Crippen molar-refractivity contribution in [2.75, 3.05) is 19.6 Å². The van der Waals surface area contributed by atoms with Gasteiger partial charge in [0.15, 0.2) is 0 Å². The summed E-state index contributed by atoms with van der Waals surface area (Å²) in [5.74, 6) is 0. The second-order valence-electron chi connectivity index (χ2n) is 5.06. The van der Waals surface area contributed by atoms with Gasteiger partial charge < -0.3 is 0 Å². The van der Waals surface area contributed by atoms with E-state index >= 15 is 0 Å². The van der Waals surface area contributed by atoms with Gasteiger partial charge >= 0.3 is 0 Å². The van der Waals surface area contributed by atoms with Crippen LogP contribution in [-0.4, -0.2) is 24.5 Å². The average molecular weight is 242 g/mol. The number of rotatable bonds is 6. The Labute approximate surface area is 112 Å². The van der Waals surface area contributed by atoms with E-state index in [0.717, 1.165) is 13.0 Å². The lowest BCUT2D eigenvalue weighted by Gasteiger charge is -2.26.